The summed E-state index contributed by atoms with van der Waals surface area (Å²) in [6, 6.07) is 17.2. The van der Waals surface area contributed by atoms with E-state index in [2.05, 4.69) is 5.32 Å². The van der Waals surface area contributed by atoms with Crippen molar-refractivity contribution >= 4 is 23.8 Å². The SMILES string of the molecule is CO[C@@]1(C(=O)OC(c2ccccc2)c2ccccc2)C[C@H](OC(C)=O)[C@@H](NC(C)=O)[C@H]([C@H](OC(C)=O)[C@H]2COC(C)(C)O2)O1. The molecule has 2 aromatic carbocycles. The smallest absolute Gasteiger partial charge is 0.367 e. The van der Waals surface area contributed by atoms with Gasteiger partial charge in [-0.05, 0) is 25.0 Å². The second-order valence-electron chi connectivity index (χ2n) is 11.2. The molecule has 12 heteroatoms. The predicted octanol–water partition coefficient (Wildman–Crippen LogP) is 2.97. The van der Waals surface area contributed by atoms with Crippen molar-refractivity contribution in [2.24, 2.45) is 0 Å². The van der Waals surface area contributed by atoms with Crippen LogP contribution in [0.3, 0.4) is 0 Å². The molecule has 1 amide bonds. The Morgan fingerprint density at radius 2 is 1.45 bits per heavy atom. The number of carbonyl (C=O) groups is 4. The van der Waals surface area contributed by atoms with Crippen LogP contribution in [0.2, 0.25) is 0 Å². The maximum absolute atomic E-state index is 14.2. The van der Waals surface area contributed by atoms with E-state index in [-0.39, 0.29) is 13.0 Å². The van der Waals surface area contributed by atoms with Gasteiger partial charge in [-0.2, -0.15) is 0 Å². The summed E-state index contributed by atoms with van der Waals surface area (Å²) < 4.78 is 41.4. The predicted molar refractivity (Wildman–Crippen MR) is 154 cm³/mol. The number of methoxy groups -OCH3 is 1. The van der Waals surface area contributed by atoms with Crippen molar-refractivity contribution in [1.29, 1.82) is 0 Å². The molecule has 2 aliphatic heterocycles. The molecule has 238 valence electrons. The molecular formula is C32H39NO11. The highest BCUT2D eigenvalue weighted by Crippen LogP contribution is 2.39. The van der Waals surface area contributed by atoms with Crippen LogP contribution in [-0.2, 0) is 52.3 Å². The second-order valence-corrected chi connectivity index (χ2v) is 11.2. The first-order valence-electron chi connectivity index (χ1n) is 14.3. The van der Waals surface area contributed by atoms with Gasteiger partial charge in [0.1, 0.15) is 18.3 Å². The molecule has 0 saturated carbocycles. The lowest BCUT2D eigenvalue weighted by atomic mass is 9.88. The largest absolute Gasteiger partial charge is 0.460 e. The minimum absolute atomic E-state index is 0.00431. The summed E-state index contributed by atoms with van der Waals surface area (Å²) in [5.41, 5.74) is 1.38. The minimum Gasteiger partial charge on any atom is -0.460 e. The number of benzene rings is 2. The summed E-state index contributed by atoms with van der Waals surface area (Å²) in [4.78, 5) is 51.3. The molecule has 0 spiro atoms. The monoisotopic (exact) mass is 613 g/mol. The van der Waals surface area contributed by atoms with Crippen LogP contribution in [0.5, 0.6) is 0 Å². The van der Waals surface area contributed by atoms with E-state index in [1.54, 1.807) is 13.8 Å². The van der Waals surface area contributed by atoms with Gasteiger partial charge >= 0.3 is 17.9 Å². The summed E-state index contributed by atoms with van der Waals surface area (Å²) in [6.45, 7) is 7.06. The van der Waals surface area contributed by atoms with Gasteiger partial charge in [0.25, 0.3) is 5.79 Å². The van der Waals surface area contributed by atoms with E-state index in [4.69, 9.17) is 33.2 Å². The van der Waals surface area contributed by atoms with Crippen LogP contribution in [0.1, 0.15) is 58.3 Å². The number of hydrogen-bond donors (Lipinski definition) is 1. The molecule has 44 heavy (non-hydrogen) atoms. The lowest BCUT2D eigenvalue weighted by molar-refractivity contribution is -0.309. The van der Waals surface area contributed by atoms with Crippen LogP contribution in [-0.4, -0.2) is 79.6 Å². The Morgan fingerprint density at radius 1 is 0.864 bits per heavy atom. The Balaban J connectivity index is 1.78. The van der Waals surface area contributed by atoms with Gasteiger partial charge in [-0.25, -0.2) is 4.79 Å². The summed E-state index contributed by atoms with van der Waals surface area (Å²) in [5, 5.41) is 2.74. The molecule has 0 aromatic heterocycles. The average molecular weight is 614 g/mol. The number of amides is 1. The summed E-state index contributed by atoms with van der Waals surface area (Å²) in [6.07, 6.45) is -5.79. The fourth-order valence-electron chi connectivity index (χ4n) is 5.50. The van der Waals surface area contributed by atoms with E-state index in [0.717, 1.165) is 0 Å². The van der Waals surface area contributed by atoms with Crippen molar-refractivity contribution < 1.29 is 52.3 Å². The first-order chi connectivity index (χ1) is 20.8. The van der Waals surface area contributed by atoms with Crippen LogP contribution in [0.25, 0.3) is 0 Å². The number of carbonyl (C=O) groups excluding carboxylic acids is 4. The number of esters is 3. The highest BCUT2D eigenvalue weighted by molar-refractivity contribution is 5.79. The van der Waals surface area contributed by atoms with Gasteiger partial charge in [-0.3, -0.25) is 14.4 Å². The molecule has 6 atom stereocenters. The third kappa shape index (κ3) is 7.81. The van der Waals surface area contributed by atoms with Crippen LogP contribution < -0.4 is 5.32 Å². The van der Waals surface area contributed by atoms with Gasteiger partial charge in [0.05, 0.1) is 19.1 Å². The maximum atomic E-state index is 14.2. The lowest BCUT2D eigenvalue weighted by Crippen LogP contribution is -2.69. The van der Waals surface area contributed by atoms with Gasteiger partial charge < -0.3 is 38.5 Å². The molecule has 1 N–H and O–H groups in total. The van der Waals surface area contributed by atoms with Crippen molar-refractivity contribution in [1.82, 2.24) is 5.32 Å². The van der Waals surface area contributed by atoms with Gasteiger partial charge in [0.15, 0.2) is 18.0 Å². The van der Waals surface area contributed by atoms with Crippen LogP contribution in [0.4, 0.5) is 0 Å². The minimum atomic E-state index is -2.16. The normalized spacial score (nSPS) is 26.8. The third-order valence-corrected chi connectivity index (χ3v) is 7.33. The van der Waals surface area contributed by atoms with E-state index in [1.165, 1.54) is 27.9 Å². The van der Waals surface area contributed by atoms with E-state index < -0.39 is 72.0 Å². The Kier molecular flexibility index (Phi) is 10.4. The molecule has 2 aliphatic rings. The Morgan fingerprint density at radius 3 is 1.91 bits per heavy atom. The average Bonchev–Trinajstić information content (AvgIpc) is 3.34. The number of ether oxygens (including phenoxy) is 7. The second kappa shape index (κ2) is 13.9. The fourth-order valence-corrected chi connectivity index (χ4v) is 5.50. The van der Waals surface area contributed by atoms with Crippen LogP contribution in [0, 0.1) is 0 Å². The molecule has 4 rings (SSSR count). The van der Waals surface area contributed by atoms with E-state index >= 15 is 0 Å². The Hall–Kier alpha value is -3.84. The van der Waals surface area contributed by atoms with Gasteiger partial charge in [0.2, 0.25) is 5.91 Å². The number of nitrogens with one attached hydrogen (secondary N) is 1. The van der Waals surface area contributed by atoms with E-state index in [0.29, 0.717) is 11.1 Å². The fraction of sp³-hybridized carbons (Fsp3) is 0.500. The van der Waals surface area contributed by atoms with Crippen molar-refractivity contribution in [3.8, 4) is 0 Å². The maximum Gasteiger partial charge on any atom is 0.367 e. The molecule has 2 fully saturated rings. The first-order valence-corrected chi connectivity index (χ1v) is 14.3. The van der Waals surface area contributed by atoms with E-state index in [1.807, 2.05) is 60.7 Å². The van der Waals surface area contributed by atoms with Crippen molar-refractivity contribution in [3.63, 3.8) is 0 Å². The zero-order valence-electron chi connectivity index (χ0n) is 25.6. The van der Waals surface area contributed by atoms with Gasteiger partial charge in [0, 0.05) is 27.9 Å². The zero-order valence-corrected chi connectivity index (χ0v) is 25.6. The molecule has 0 bridgehead atoms. The molecule has 12 nitrogen and oxygen atoms in total. The molecule has 2 aromatic rings. The molecule has 0 radical (unpaired) electrons. The van der Waals surface area contributed by atoms with Crippen molar-refractivity contribution in [2.45, 2.75) is 89.2 Å². The van der Waals surface area contributed by atoms with Crippen molar-refractivity contribution in [2.75, 3.05) is 13.7 Å². The number of rotatable bonds is 10. The lowest BCUT2D eigenvalue weighted by Gasteiger charge is -2.48. The Bertz CT molecular complexity index is 1280. The highest BCUT2D eigenvalue weighted by atomic mass is 16.8. The summed E-state index contributed by atoms with van der Waals surface area (Å²) in [7, 11) is 1.25. The molecule has 2 saturated heterocycles. The van der Waals surface area contributed by atoms with Crippen LogP contribution >= 0.6 is 0 Å². The topological polar surface area (TPSA) is 145 Å². The van der Waals surface area contributed by atoms with Gasteiger partial charge in [-0.15, -0.1) is 0 Å². The molecular weight excluding hydrogens is 574 g/mol. The number of hydrogen-bond acceptors (Lipinski definition) is 11. The first kappa shape index (κ1) is 33.1. The standard InChI is InChI=1S/C32H39NO11/c1-19(34)33-26-24(40-20(2)35)17-32(38-6,44-29(26)28(41-21(3)36)25-18-39-31(4,5)43-25)30(37)42-27(22-13-9-7-10-14-22)23-15-11-8-12-16-23/h7-16,24-29H,17-18H2,1-6H3,(H,33,34)/t24-,25+,26+,28+,29+,32-/m0/s1. The molecule has 0 aliphatic carbocycles. The zero-order chi connectivity index (χ0) is 32.1. The highest BCUT2D eigenvalue weighted by Gasteiger charge is 2.59. The summed E-state index contributed by atoms with van der Waals surface area (Å²) >= 11 is 0. The van der Waals surface area contributed by atoms with Crippen molar-refractivity contribution in [3.05, 3.63) is 71.8 Å². The Labute approximate surface area is 256 Å². The quantitative estimate of drug-likeness (QED) is 0.312. The molecule has 0 unspecified atom stereocenters. The van der Waals surface area contributed by atoms with E-state index in [9.17, 15) is 19.2 Å². The molecule has 2 heterocycles. The summed E-state index contributed by atoms with van der Waals surface area (Å²) in [5.74, 6) is -5.94. The third-order valence-electron chi connectivity index (χ3n) is 7.33. The van der Waals surface area contributed by atoms with Crippen LogP contribution in [0.15, 0.2) is 60.7 Å². The van der Waals surface area contributed by atoms with Gasteiger partial charge in [-0.1, -0.05) is 60.7 Å².